The third kappa shape index (κ3) is 2.91. The Bertz CT molecular complexity index is 594. The average molecular weight is 298 g/mol. The largest absolute Gasteiger partial charge is 0.378 e. The third-order valence-electron chi connectivity index (χ3n) is 2.83. The van der Waals surface area contributed by atoms with E-state index in [9.17, 15) is 4.79 Å². The highest BCUT2D eigenvalue weighted by Crippen LogP contribution is 2.28. The molecule has 19 heavy (non-hydrogen) atoms. The number of hydrogen-bond acceptors (Lipinski definition) is 3. The molecule has 100 valence electrons. The van der Waals surface area contributed by atoms with E-state index in [4.69, 9.17) is 23.2 Å². The van der Waals surface area contributed by atoms with E-state index in [2.05, 4.69) is 15.8 Å². The molecule has 2 N–H and O–H groups in total. The Morgan fingerprint density at radius 3 is 2.79 bits per heavy atom. The number of anilines is 1. The molecule has 0 aromatic heterocycles. The van der Waals surface area contributed by atoms with Crippen LogP contribution in [0.15, 0.2) is 28.9 Å². The summed E-state index contributed by atoms with van der Waals surface area (Å²) in [6.45, 7) is 4.12. The molecule has 2 rings (SSSR count). The Morgan fingerprint density at radius 1 is 1.37 bits per heavy atom. The Balaban J connectivity index is 2.12. The summed E-state index contributed by atoms with van der Waals surface area (Å²) in [7, 11) is 0. The summed E-state index contributed by atoms with van der Waals surface area (Å²) in [4.78, 5) is 11.4. The maximum Gasteiger partial charge on any atom is 0.273 e. The Labute approximate surface area is 121 Å². The summed E-state index contributed by atoms with van der Waals surface area (Å²) in [5, 5.41) is 8.29. The van der Waals surface area contributed by atoms with Gasteiger partial charge >= 0.3 is 0 Å². The summed E-state index contributed by atoms with van der Waals surface area (Å²) in [6.07, 6.45) is 1.73. The van der Waals surface area contributed by atoms with Crippen molar-refractivity contribution in [2.24, 2.45) is 5.10 Å². The Kier molecular flexibility index (Phi) is 4.12. The maximum absolute atomic E-state index is 11.4. The minimum Gasteiger partial charge on any atom is -0.378 e. The van der Waals surface area contributed by atoms with Gasteiger partial charge in [-0.1, -0.05) is 29.3 Å². The van der Waals surface area contributed by atoms with Crippen molar-refractivity contribution in [3.63, 3.8) is 0 Å². The van der Waals surface area contributed by atoms with Crippen molar-refractivity contribution in [3.8, 4) is 0 Å². The van der Waals surface area contributed by atoms with Crippen molar-refractivity contribution in [2.75, 3.05) is 11.9 Å². The number of nitrogens with zero attached hydrogens (tertiary/aromatic N) is 1. The van der Waals surface area contributed by atoms with Crippen molar-refractivity contribution in [1.82, 2.24) is 5.43 Å². The van der Waals surface area contributed by atoms with Crippen molar-refractivity contribution >= 4 is 40.5 Å². The lowest BCUT2D eigenvalue weighted by Gasteiger charge is -2.10. The van der Waals surface area contributed by atoms with Gasteiger partial charge in [-0.2, -0.15) is 5.10 Å². The maximum atomic E-state index is 11.4. The highest BCUT2D eigenvalue weighted by Gasteiger charge is 2.21. The first-order chi connectivity index (χ1) is 9.02. The summed E-state index contributed by atoms with van der Waals surface area (Å²) < 4.78 is 0. The second kappa shape index (κ2) is 5.63. The molecule has 0 unspecified atom stereocenters. The molecular formula is C13H13Cl2N3O. The van der Waals surface area contributed by atoms with Gasteiger partial charge < -0.3 is 5.32 Å². The van der Waals surface area contributed by atoms with E-state index < -0.39 is 0 Å². The predicted molar refractivity (Wildman–Crippen MR) is 79.0 cm³/mol. The molecule has 0 fully saturated rings. The molecule has 0 saturated heterocycles. The van der Waals surface area contributed by atoms with E-state index in [0.29, 0.717) is 27.9 Å². The van der Waals surface area contributed by atoms with Gasteiger partial charge in [-0.05, 0) is 31.5 Å². The van der Waals surface area contributed by atoms with E-state index in [0.717, 1.165) is 11.3 Å². The van der Waals surface area contributed by atoms with Crippen LogP contribution in [0.5, 0.6) is 0 Å². The SMILES string of the molecule is C/C=C1/C(=O)NN=C1CNc1cc(C)c(Cl)cc1Cl. The minimum absolute atomic E-state index is 0.183. The van der Waals surface area contributed by atoms with Gasteiger partial charge in [0.25, 0.3) is 5.91 Å². The fraction of sp³-hybridized carbons (Fsp3) is 0.231. The van der Waals surface area contributed by atoms with Crippen LogP contribution in [-0.2, 0) is 4.79 Å². The van der Waals surface area contributed by atoms with Crippen molar-refractivity contribution in [1.29, 1.82) is 0 Å². The molecule has 0 bridgehead atoms. The summed E-state index contributed by atoms with van der Waals surface area (Å²) in [5.41, 5.74) is 5.37. The van der Waals surface area contributed by atoms with Gasteiger partial charge in [-0.3, -0.25) is 4.79 Å². The Morgan fingerprint density at radius 2 is 2.11 bits per heavy atom. The van der Waals surface area contributed by atoms with E-state index in [1.807, 2.05) is 13.0 Å². The van der Waals surface area contributed by atoms with Crippen LogP contribution in [0.4, 0.5) is 5.69 Å². The number of hydrazone groups is 1. The first-order valence-corrected chi connectivity index (χ1v) is 6.51. The van der Waals surface area contributed by atoms with Crippen molar-refractivity contribution in [2.45, 2.75) is 13.8 Å². The normalized spacial score (nSPS) is 16.5. The van der Waals surface area contributed by atoms with Gasteiger partial charge in [0.15, 0.2) is 0 Å². The van der Waals surface area contributed by atoms with Gasteiger partial charge in [0.2, 0.25) is 0 Å². The molecule has 0 atom stereocenters. The van der Waals surface area contributed by atoms with E-state index in [-0.39, 0.29) is 5.91 Å². The van der Waals surface area contributed by atoms with Gasteiger partial charge in [0, 0.05) is 5.02 Å². The topological polar surface area (TPSA) is 53.5 Å². The molecule has 1 aromatic rings. The Hall–Kier alpha value is -1.52. The van der Waals surface area contributed by atoms with E-state index in [1.165, 1.54) is 0 Å². The second-order valence-electron chi connectivity index (χ2n) is 4.14. The van der Waals surface area contributed by atoms with Crippen LogP contribution in [0.2, 0.25) is 10.0 Å². The smallest absolute Gasteiger partial charge is 0.273 e. The van der Waals surface area contributed by atoms with Crippen LogP contribution in [0.3, 0.4) is 0 Å². The van der Waals surface area contributed by atoms with Crippen LogP contribution in [0.25, 0.3) is 0 Å². The zero-order chi connectivity index (χ0) is 14.0. The van der Waals surface area contributed by atoms with Crippen LogP contribution in [0.1, 0.15) is 12.5 Å². The zero-order valence-corrected chi connectivity index (χ0v) is 12.1. The number of aryl methyl sites for hydroxylation is 1. The molecule has 1 aliphatic heterocycles. The van der Waals surface area contributed by atoms with Gasteiger partial charge in [-0.25, -0.2) is 5.43 Å². The highest BCUT2D eigenvalue weighted by molar-refractivity contribution is 6.37. The average Bonchev–Trinajstić information content (AvgIpc) is 2.72. The summed E-state index contributed by atoms with van der Waals surface area (Å²) >= 11 is 12.1. The molecule has 1 heterocycles. The minimum atomic E-state index is -0.183. The fourth-order valence-corrected chi connectivity index (χ4v) is 2.22. The standard InChI is InChI=1S/C13H13Cl2N3O/c1-3-8-12(17-18-13(8)19)6-16-11-4-7(2)9(14)5-10(11)15/h3-5,16H,6H2,1-2H3,(H,18,19)/b8-3+. The van der Waals surface area contributed by atoms with Crippen molar-refractivity contribution < 1.29 is 4.79 Å². The van der Waals surface area contributed by atoms with Crippen LogP contribution in [0, 0.1) is 6.92 Å². The molecule has 1 amide bonds. The number of benzene rings is 1. The van der Waals surface area contributed by atoms with Gasteiger partial charge in [-0.15, -0.1) is 0 Å². The van der Waals surface area contributed by atoms with Crippen molar-refractivity contribution in [3.05, 3.63) is 39.4 Å². The first kappa shape index (κ1) is 13.9. The number of nitrogens with one attached hydrogen (secondary N) is 2. The first-order valence-electron chi connectivity index (χ1n) is 5.76. The highest BCUT2D eigenvalue weighted by atomic mass is 35.5. The lowest BCUT2D eigenvalue weighted by molar-refractivity contribution is -0.116. The quantitative estimate of drug-likeness (QED) is 0.842. The van der Waals surface area contributed by atoms with E-state index >= 15 is 0 Å². The lowest BCUT2D eigenvalue weighted by atomic mass is 10.1. The predicted octanol–water partition coefficient (Wildman–Crippen LogP) is 3.15. The van der Waals surface area contributed by atoms with Crippen LogP contribution >= 0.6 is 23.2 Å². The lowest BCUT2D eigenvalue weighted by Crippen LogP contribution is -2.17. The molecule has 6 heteroatoms. The molecule has 1 aliphatic rings. The number of carbonyl (C=O) groups excluding carboxylic acids is 1. The van der Waals surface area contributed by atoms with Gasteiger partial charge in [0.05, 0.1) is 28.5 Å². The molecule has 0 radical (unpaired) electrons. The fourth-order valence-electron chi connectivity index (χ4n) is 1.77. The molecule has 1 aromatic carbocycles. The van der Waals surface area contributed by atoms with Crippen LogP contribution in [-0.4, -0.2) is 18.2 Å². The number of halogens is 2. The molecule has 0 saturated carbocycles. The zero-order valence-electron chi connectivity index (χ0n) is 10.6. The molecule has 0 spiro atoms. The molecule has 4 nitrogen and oxygen atoms in total. The van der Waals surface area contributed by atoms with E-state index in [1.54, 1.807) is 19.1 Å². The second-order valence-corrected chi connectivity index (χ2v) is 4.95. The summed E-state index contributed by atoms with van der Waals surface area (Å²) in [6, 6.07) is 3.56. The number of hydrogen-bond donors (Lipinski definition) is 2. The molecular weight excluding hydrogens is 285 g/mol. The summed E-state index contributed by atoms with van der Waals surface area (Å²) in [5.74, 6) is -0.183. The number of allylic oxidation sites excluding steroid dienone is 1. The number of amides is 1. The number of carbonyl (C=O) groups is 1. The monoisotopic (exact) mass is 297 g/mol. The number of rotatable bonds is 3. The van der Waals surface area contributed by atoms with Gasteiger partial charge in [0.1, 0.15) is 0 Å². The molecule has 0 aliphatic carbocycles. The van der Waals surface area contributed by atoms with Crippen LogP contribution < -0.4 is 10.7 Å². The third-order valence-corrected chi connectivity index (χ3v) is 3.55.